The van der Waals surface area contributed by atoms with Crippen molar-refractivity contribution in [2.45, 2.75) is 32.6 Å². The van der Waals surface area contributed by atoms with Crippen molar-refractivity contribution in [3.8, 4) is 0 Å². The standard InChI is InChI=1S/C12H16N2/c1-4-12(2,3)10-7-5-6-9-8-13-14-11(9)10/h5-8H,4H2,1-3H3,(H,13,14). The predicted octanol–water partition coefficient (Wildman–Crippen LogP) is 3.25. The highest BCUT2D eigenvalue weighted by molar-refractivity contribution is 5.82. The third-order valence-corrected chi connectivity index (χ3v) is 3.09. The molecule has 1 aromatic carbocycles. The molecule has 1 N–H and O–H groups in total. The van der Waals surface area contributed by atoms with E-state index in [1.807, 2.05) is 6.20 Å². The lowest BCUT2D eigenvalue weighted by Crippen LogP contribution is -2.15. The minimum atomic E-state index is 0.214. The van der Waals surface area contributed by atoms with Gasteiger partial charge in [-0.25, -0.2) is 0 Å². The molecular weight excluding hydrogens is 172 g/mol. The van der Waals surface area contributed by atoms with Gasteiger partial charge in [0.15, 0.2) is 0 Å². The van der Waals surface area contributed by atoms with Crippen LogP contribution < -0.4 is 0 Å². The molecule has 0 saturated carbocycles. The van der Waals surface area contributed by atoms with E-state index in [9.17, 15) is 0 Å². The molecule has 0 aliphatic carbocycles. The van der Waals surface area contributed by atoms with Gasteiger partial charge in [-0.2, -0.15) is 5.10 Å². The molecule has 0 aliphatic rings. The Bertz CT molecular complexity index is 440. The van der Waals surface area contributed by atoms with Gasteiger partial charge in [-0.15, -0.1) is 0 Å². The summed E-state index contributed by atoms with van der Waals surface area (Å²) in [5.74, 6) is 0. The van der Waals surface area contributed by atoms with Gasteiger partial charge in [-0.1, -0.05) is 39.0 Å². The largest absolute Gasteiger partial charge is 0.278 e. The van der Waals surface area contributed by atoms with Crippen LogP contribution >= 0.6 is 0 Å². The van der Waals surface area contributed by atoms with Gasteiger partial charge >= 0.3 is 0 Å². The lowest BCUT2D eigenvalue weighted by atomic mass is 9.81. The van der Waals surface area contributed by atoms with Gasteiger partial charge < -0.3 is 0 Å². The maximum absolute atomic E-state index is 4.08. The zero-order valence-corrected chi connectivity index (χ0v) is 8.96. The number of H-pyrrole nitrogens is 1. The third kappa shape index (κ3) is 1.31. The molecule has 1 heterocycles. The normalized spacial score (nSPS) is 12.2. The van der Waals surface area contributed by atoms with E-state index >= 15 is 0 Å². The topological polar surface area (TPSA) is 28.7 Å². The molecule has 14 heavy (non-hydrogen) atoms. The fraction of sp³-hybridized carbons (Fsp3) is 0.417. The van der Waals surface area contributed by atoms with E-state index in [0.717, 1.165) is 6.42 Å². The molecule has 0 saturated heterocycles. The molecular formula is C12H16N2. The number of aromatic amines is 1. The molecule has 2 aromatic rings. The monoisotopic (exact) mass is 188 g/mol. The lowest BCUT2D eigenvalue weighted by molar-refractivity contribution is 0.509. The summed E-state index contributed by atoms with van der Waals surface area (Å²) < 4.78 is 0. The van der Waals surface area contributed by atoms with E-state index in [1.165, 1.54) is 16.5 Å². The van der Waals surface area contributed by atoms with Crippen molar-refractivity contribution in [3.63, 3.8) is 0 Å². The van der Waals surface area contributed by atoms with Crippen molar-refractivity contribution in [1.29, 1.82) is 0 Å². The summed E-state index contributed by atoms with van der Waals surface area (Å²) in [4.78, 5) is 0. The van der Waals surface area contributed by atoms with E-state index < -0.39 is 0 Å². The van der Waals surface area contributed by atoms with Crippen LogP contribution in [0.5, 0.6) is 0 Å². The van der Waals surface area contributed by atoms with Crippen LogP contribution in [0.2, 0.25) is 0 Å². The van der Waals surface area contributed by atoms with Crippen LogP contribution in [0.25, 0.3) is 10.9 Å². The first-order valence-electron chi connectivity index (χ1n) is 5.08. The van der Waals surface area contributed by atoms with Crippen LogP contribution in [0.4, 0.5) is 0 Å². The minimum absolute atomic E-state index is 0.214. The van der Waals surface area contributed by atoms with E-state index in [-0.39, 0.29) is 5.41 Å². The molecule has 2 heteroatoms. The quantitative estimate of drug-likeness (QED) is 0.770. The molecule has 0 spiro atoms. The van der Waals surface area contributed by atoms with E-state index in [0.29, 0.717) is 0 Å². The molecule has 74 valence electrons. The fourth-order valence-corrected chi connectivity index (χ4v) is 1.72. The average Bonchev–Trinajstić information content (AvgIpc) is 2.64. The van der Waals surface area contributed by atoms with Gasteiger partial charge in [0.05, 0.1) is 11.7 Å². The number of hydrogen-bond donors (Lipinski definition) is 1. The lowest BCUT2D eigenvalue weighted by Gasteiger charge is -2.23. The highest BCUT2D eigenvalue weighted by atomic mass is 15.1. The van der Waals surface area contributed by atoms with Gasteiger partial charge in [0.25, 0.3) is 0 Å². The molecule has 2 rings (SSSR count). The molecule has 2 nitrogen and oxygen atoms in total. The van der Waals surface area contributed by atoms with Crippen molar-refractivity contribution in [3.05, 3.63) is 30.0 Å². The summed E-state index contributed by atoms with van der Waals surface area (Å²) in [5.41, 5.74) is 2.75. The molecule has 0 radical (unpaired) electrons. The first-order chi connectivity index (χ1) is 6.65. The van der Waals surface area contributed by atoms with Gasteiger partial charge in [0, 0.05) is 5.39 Å². The molecule has 1 aromatic heterocycles. The third-order valence-electron chi connectivity index (χ3n) is 3.09. The Morgan fingerprint density at radius 3 is 2.86 bits per heavy atom. The number of nitrogens with one attached hydrogen (secondary N) is 1. The molecule has 0 fully saturated rings. The highest BCUT2D eigenvalue weighted by Crippen LogP contribution is 2.31. The first kappa shape index (κ1) is 9.25. The van der Waals surface area contributed by atoms with Crippen molar-refractivity contribution < 1.29 is 0 Å². The Kier molecular flexibility index (Phi) is 2.06. The van der Waals surface area contributed by atoms with Crippen LogP contribution in [-0.2, 0) is 5.41 Å². The van der Waals surface area contributed by atoms with Gasteiger partial charge in [0.2, 0.25) is 0 Å². The smallest absolute Gasteiger partial charge is 0.0687 e. The van der Waals surface area contributed by atoms with Gasteiger partial charge in [-0.05, 0) is 17.4 Å². The van der Waals surface area contributed by atoms with Crippen LogP contribution in [0.15, 0.2) is 24.4 Å². The molecule has 0 amide bonds. The number of fused-ring (bicyclic) bond motifs is 1. The van der Waals surface area contributed by atoms with Crippen LogP contribution in [0.3, 0.4) is 0 Å². The average molecular weight is 188 g/mol. The Balaban J connectivity index is 2.67. The predicted molar refractivity (Wildman–Crippen MR) is 59.4 cm³/mol. The van der Waals surface area contributed by atoms with Crippen LogP contribution in [-0.4, -0.2) is 10.2 Å². The van der Waals surface area contributed by atoms with Gasteiger partial charge in [0.1, 0.15) is 0 Å². The first-order valence-corrected chi connectivity index (χ1v) is 5.08. The SMILES string of the molecule is CCC(C)(C)c1cccc2cn[nH]c12. The number of para-hydroxylation sites is 1. The second kappa shape index (κ2) is 3.12. The highest BCUT2D eigenvalue weighted by Gasteiger charge is 2.20. The summed E-state index contributed by atoms with van der Waals surface area (Å²) in [6.45, 7) is 6.75. The van der Waals surface area contributed by atoms with Gasteiger partial charge in [-0.3, -0.25) is 5.10 Å². The van der Waals surface area contributed by atoms with Crippen molar-refractivity contribution in [2.24, 2.45) is 0 Å². The maximum Gasteiger partial charge on any atom is 0.0687 e. The fourth-order valence-electron chi connectivity index (χ4n) is 1.72. The molecule has 0 aliphatic heterocycles. The Hall–Kier alpha value is -1.31. The summed E-state index contributed by atoms with van der Waals surface area (Å²) in [7, 11) is 0. The second-order valence-electron chi connectivity index (χ2n) is 4.38. The summed E-state index contributed by atoms with van der Waals surface area (Å²) in [6.07, 6.45) is 3.01. The number of rotatable bonds is 2. The zero-order chi connectivity index (χ0) is 10.2. The summed E-state index contributed by atoms with van der Waals surface area (Å²) in [5, 5.41) is 8.36. The van der Waals surface area contributed by atoms with Crippen LogP contribution in [0, 0.1) is 0 Å². The van der Waals surface area contributed by atoms with Crippen molar-refractivity contribution in [1.82, 2.24) is 10.2 Å². The van der Waals surface area contributed by atoms with Crippen LogP contribution in [0.1, 0.15) is 32.8 Å². The van der Waals surface area contributed by atoms with Crippen molar-refractivity contribution in [2.75, 3.05) is 0 Å². The number of aromatic nitrogens is 2. The van der Waals surface area contributed by atoms with E-state index in [2.05, 4.69) is 49.2 Å². The molecule has 0 unspecified atom stereocenters. The Morgan fingerprint density at radius 2 is 2.14 bits per heavy atom. The number of benzene rings is 1. The molecule has 0 atom stereocenters. The van der Waals surface area contributed by atoms with Crippen molar-refractivity contribution >= 4 is 10.9 Å². The number of nitrogens with zero attached hydrogens (tertiary/aromatic N) is 1. The summed E-state index contributed by atoms with van der Waals surface area (Å²) in [6, 6.07) is 6.38. The van der Waals surface area contributed by atoms with E-state index in [4.69, 9.17) is 0 Å². The minimum Gasteiger partial charge on any atom is -0.278 e. The second-order valence-corrected chi connectivity index (χ2v) is 4.38. The Morgan fingerprint density at radius 1 is 1.36 bits per heavy atom. The Labute approximate surface area is 84.3 Å². The summed E-state index contributed by atoms with van der Waals surface area (Å²) >= 11 is 0. The van der Waals surface area contributed by atoms with E-state index in [1.54, 1.807) is 0 Å². The number of hydrogen-bond acceptors (Lipinski definition) is 1. The molecule has 0 bridgehead atoms. The zero-order valence-electron chi connectivity index (χ0n) is 8.96. The maximum atomic E-state index is 4.08.